The highest BCUT2D eigenvalue weighted by Crippen LogP contribution is 2.36. The topological polar surface area (TPSA) is 93.6 Å². The van der Waals surface area contributed by atoms with Crippen LogP contribution in [0.4, 0.5) is 14.6 Å². The van der Waals surface area contributed by atoms with Crippen LogP contribution in [0.2, 0.25) is 0 Å². The van der Waals surface area contributed by atoms with Crippen LogP contribution < -0.4 is 5.73 Å². The average Bonchev–Trinajstić information content (AvgIpc) is 2.99. The number of halogens is 2. The summed E-state index contributed by atoms with van der Waals surface area (Å²) in [7, 11) is 0. The monoisotopic (exact) mass is 263 g/mol. The molecule has 6 nitrogen and oxygen atoms in total. The fourth-order valence-electron chi connectivity index (χ4n) is 1.74. The Morgan fingerprint density at radius 2 is 2.11 bits per heavy atom. The van der Waals surface area contributed by atoms with Crippen molar-refractivity contribution in [3.63, 3.8) is 0 Å². The number of hydrogen-bond donors (Lipinski definition) is 2. The van der Waals surface area contributed by atoms with Gasteiger partial charge in [0, 0.05) is 11.6 Å². The zero-order valence-corrected chi connectivity index (χ0v) is 9.39. The first kappa shape index (κ1) is 11.3. The van der Waals surface area contributed by atoms with Gasteiger partial charge in [0.15, 0.2) is 17.3 Å². The van der Waals surface area contributed by atoms with Crippen molar-refractivity contribution in [2.24, 2.45) is 0 Å². The Hall–Kier alpha value is -2.77. The first-order valence-electron chi connectivity index (χ1n) is 5.23. The quantitative estimate of drug-likeness (QED) is 0.737. The van der Waals surface area contributed by atoms with E-state index in [9.17, 15) is 8.78 Å². The molecule has 3 rings (SSSR count). The fourth-order valence-corrected chi connectivity index (χ4v) is 1.74. The molecule has 3 N–H and O–H groups in total. The molecule has 1 aromatic carbocycles. The maximum atomic E-state index is 13.8. The van der Waals surface area contributed by atoms with Crippen molar-refractivity contribution in [1.29, 1.82) is 0 Å². The van der Waals surface area contributed by atoms with E-state index in [4.69, 9.17) is 10.3 Å². The molecule has 0 aliphatic heterocycles. The second-order valence-electron chi connectivity index (χ2n) is 3.75. The van der Waals surface area contributed by atoms with Crippen LogP contribution in [0.15, 0.2) is 28.9 Å². The predicted octanol–water partition coefficient (Wildman–Crippen LogP) is 1.99. The van der Waals surface area contributed by atoms with Gasteiger partial charge in [-0.3, -0.25) is 0 Å². The summed E-state index contributed by atoms with van der Waals surface area (Å²) in [4.78, 5) is 0. The summed E-state index contributed by atoms with van der Waals surface area (Å²) in [5, 5.41) is 13.4. The molecule has 0 spiro atoms. The zero-order valence-electron chi connectivity index (χ0n) is 9.39. The van der Waals surface area contributed by atoms with Gasteiger partial charge in [0.25, 0.3) is 0 Å². The van der Waals surface area contributed by atoms with Gasteiger partial charge < -0.3 is 10.3 Å². The van der Waals surface area contributed by atoms with Gasteiger partial charge >= 0.3 is 0 Å². The highest BCUT2D eigenvalue weighted by molar-refractivity contribution is 5.85. The number of nitrogens with zero attached hydrogens (tertiary/aromatic N) is 3. The summed E-state index contributed by atoms with van der Waals surface area (Å²) in [5.74, 6) is -1.29. The molecule has 2 aromatic heterocycles. The largest absolute Gasteiger partial charge is 0.380 e. The normalized spacial score (nSPS) is 10.8. The summed E-state index contributed by atoms with van der Waals surface area (Å²) in [6, 6.07) is 3.14. The Kier molecular flexibility index (Phi) is 2.48. The van der Waals surface area contributed by atoms with E-state index in [-0.39, 0.29) is 22.7 Å². The number of nitrogens with one attached hydrogen (secondary N) is 1. The molecule has 0 radical (unpaired) electrons. The van der Waals surface area contributed by atoms with Crippen LogP contribution in [0.1, 0.15) is 0 Å². The number of rotatable bonds is 2. The summed E-state index contributed by atoms with van der Waals surface area (Å²) in [6.45, 7) is 0. The summed E-state index contributed by atoms with van der Waals surface area (Å²) in [6.07, 6.45) is 1.38. The minimum absolute atomic E-state index is 0.0106. The lowest BCUT2D eigenvalue weighted by Gasteiger charge is -2.02. The Bertz CT molecular complexity index is 723. The highest BCUT2D eigenvalue weighted by atomic mass is 19.1. The van der Waals surface area contributed by atoms with Crippen LogP contribution >= 0.6 is 0 Å². The number of hydrogen-bond acceptors (Lipinski definition) is 5. The Labute approximate surface area is 105 Å². The van der Waals surface area contributed by atoms with Gasteiger partial charge in [-0.2, -0.15) is 15.4 Å². The van der Waals surface area contributed by atoms with Crippen molar-refractivity contribution in [3.05, 3.63) is 36.0 Å². The van der Waals surface area contributed by atoms with Gasteiger partial charge in [0.1, 0.15) is 11.6 Å². The van der Waals surface area contributed by atoms with E-state index in [2.05, 4.69) is 20.6 Å². The molecule has 19 heavy (non-hydrogen) atoms. The van der Waals surface area contributed by atoms with Gasteiger partial charge in [-0.05, 0) is 12.1 Å². The van der Waals surface area contributed by atoms with Crippen molar-refractivity contribution in [1.82, 2.24) is 20.6 Å². The number of aromatic nitrogens is 4. The van der Waals surface area contributed by atoms with E-state index in [0.29, 0.717) is 5.69 Å². The van der Waals surface area contributed by atoms with Gasteiger partial charge in [-0.25, -0.2) is 8.78 Å². The number of H-pyrrole nitrogens is 1. The molecule has 0 fully saturated rings. The molecular formula is C11H7F2N5O. The van der Waals surface area contributed by atoms with Crippen LogP contribution in [0.25, 0.3) is 22.6 Å². The second kappa shape index (κ2) is 4.16. The number of anilines is 1. The molecule has 0 bridgehead atoms. The van der Waals surface area contributed by atoms with Crippen molar-refractivity contribution >= 4 is 5.82 Å². The molecular weight excluding hydrogens is 256 g/mol. The smallest absolute Gasteiger partial charge is 0.198 e. The van der Waals surface area contributed by atoms with Gasteiger partial charge in [-0.15, -0.1) is 0 Å². The van der Waals surface area contributed by atoms with Crippen molar-refractivity contribution in [2.45, 2.75) is 0 Å². The van der Waals surface area contributed by atoms with E-state index in [1.165, 1.54) is 12.3 Å². The van der Waals surface area contributed by atoms with E-state index in [0.717, 1.165) is 12.1 Å². The molecule has 2 heterocycles. The molecule has 0 saturated heterocycles. The summed E-state index contributed by atoms with van der Waals surface area (Å²) >= 11 is 0. The molecule has 0 aliphatic carbocycles. The maximum absolute atomic E-state index is 13.8. The lowest BCUT2D eigenvalue weighted by molar-refractivity contribution is 0.434. The number of nitrogens with two attached hydrogens (primary N) is 1. The Morgan fingerprint density at radius 1 is 1.26 bits per heavy atom. The molecule has 96 valence electrons. The van der Waals surface area contributed by atoms with Gasteiger partial charge in [0.05, 0.1) is 11.8 Å². The molecule has 0 aliphatic rings. The van der Waals surface area contributed by atoms with E-state index >= 15 is 0 Å². The molecule has 0 saturated carbocycles. The van der Waals surface area contributed by atoms with Crippen LogP contribution in [0.5, 0.6) is 0 Å². The first-order chi connectivity index (χ1) is 9.16. The first-order valence-corrected chi connectivity index (χ1v) is 5.23. The average molecular weight is 263 g/mol. The van der Waals surface area contributed by atoms with E-state index in [1.807, 2.05) is 0 Å². The SMILES string of the molecule is Nc1noc(-c2cn[nH]n2)c1-c1ccc(F)cc1F. The number of aromatic amines is 1. The molecule has 0 atom stereocenters. The number of benzene rings is 1. The third kappa shape index (κ3) is 1.82. The predicted molar refractivity (Wildman–Crippen MR) is 61.6 cm³/mol. The zero-order chi connectivity index (χ0) is 13.4. The Morgan fingerprint density at radius 3 is 2.79 bits per heavy atom. The second-order valence-corrected chi connectivity index (χ2v) is 3.75. The van der Waals surface area contributed by atoms with E-state index < -0.39 is 11.6 Å². The standard InChI is InChI=1S/C11H7F2N5O/c12-5-1-2-6(7(13)3-5)9-10(19-17-11(9)14)8-4-15-18-16-8/h1-4H,(H2,14,17)(H,15,16,18). The highest BCUT2D eigenvalue weighted by Gasteiger charge is 2.22. The fraction of sp³-hybridized carbons (Fsp3) is 0. The van der Waals surface area contributed by atoms with Crippen molar-refractivity contribution in [3.8, 4) is 22.6 Å². The minimum atomic E-state index is -0.764. The van der Waals surface area contributed by atoms with E-state index in [1.54, 1.807) is 0 Å². The van der Waals surface area contributed by atoms with Gasteiger partial charge in [-0.1, -0.05) is 5.16 Å². The van der Waals surface area contributed by atoms with Crippen LogP contribution in [0, 0.1) is 11.6 Å². The summed E-state index contributed by atoms with van der Waals surface area (Å²) < 4.78 is 31.8. The third-order valence-corrected chi connectivity index (χ3v) is 2.57. The Balaban J connectivity index is 2.22. The molecule has 3 aromatic rings. The minimum Gasteiger partial charge on any atom is -0.380 e. The molecule has 0 unspecified atom stereocenters. The molecule has 8 heteroatoms. The molecule has 0 amide bonds. The summed E-state index contributed by atoms with van der Waals surface area (Å²) in [5.41, 5.74) is 6.28. The van der Waals surface area contributed by atoms with Crippen LogP contribution in [0.3, 0.4) is 0 Å². The van der Waals surface area contributed by atoms with Crippen LogP contribution in [-0.2, 0) is 0 Å². The van der Waals surface area contributed by atoms with Gasteiger partial charge in [0.2, 0.25) is 0 Å². The van der Waals surface area contributed by atoms with Crippen LogP contribution in [-0.4, -0.2) is 20.6 Å². The van der Waals surface area contributed by atoms with Crippen molar-refractivity contribution in [2.75, 3.05) is 5.73 Å². The maximum Gasteiger partial charge on any atom is 0.198 e. The lowest BCUT2D eigenvalue weighted by atomic mass is 10.0. The lowest BCUT2D eigenvalue weighted by Crippen LogP contribution is -1.92. The third-order valence-electron chi connectivity index (χ3n) is 2.57. The number of nitrogen functional groups attached to an aromatic ring is 1. The van der Waals surface area contributed by atoms with Crippen molar-refractivity contribution < 1.29 is 13.3 Å².